The molecule has 128 valence electrons. The summed E-state index contributed by atoms with van der Waals surface area (Å²) in [5.74, 6) is 0.575. The molecular formula is C17H17N5O2S. The summed E-state index contributed by atoms with van der Waals surface area (Å²) in [7, 11) is 0. The van der Waals surface area contributed by atoms with Gasteiger partial charge in [-0.05, 0) is 26.0 Å². The molecule has 0 fully saturated rings. The predicted octanol–water partition coefficient (Wildman–Crippen LogP) is 3.09. The number of nitrogens with one attached hydrogen (secondary N) is 1. The highest BCUT2D eigenvalue weighted by molar-refractivity contribution is 7.13. The zero-order chi connectivity index (χ0) is 17.6. The molecule has 0 aliphatic carbocycles. The Bertz CT molecular complexity index is 866. The van der Waals surface area contributed by atoms with Crippen LogP contribution in [0.4, 0.5) is 5.82 Å². The Morgan fingerprint density at radius 2 is 2.20 bits per heavy atom. The van der Waals surface area contributed by atoms with Gasteiger partial charge in [-0.25, -0.2) is 19.7 Å². The number of carbonyl (C=O) groups excluding carboxylic acids is 1. The third-order valence-corrected chi connectivity index (χ3v) is 4.24. The van der Waals surface area contributed by atoms with Crippen molar-refractivity contribution in [3.05, 3.63) is 53.2 Å². The zero-order valence-corrected chi connectivity index (χ0v) is 14.7. The summed E-state index contributed by atoms with van der Waals surface area (Å²) < 4.78 is 5.04. The van der Waals surface area contributed by atoms with E-state index in [1.54, 1.807) is 37.6 Å². The Kier molecular flexibility index (Phi) is 5.30. The van der Waals surface area contributed by atoms with E-state index in [4.69, 9.17) is 4.74 Å². The summed E-state index contributed by atoms with van der Waals surface area (Å²) in [6, 6.07) is 3.85. The molecule has 3 rings (SSSR count). The van der Waals surface area contributed by atoms with Crippen molar-refractivity contribution in [1.82, 2.24) is 19.9 Å². The van der Waals surface area contributed by atoms with Gasteiger partial charge in [0.25, 0.3) is 0 Å². The van der Waals surface area contributed by atoms with Crippen LogP contribution in [0.5, 0.6) is 0 Å². The summed E-state index contributed by atoms with van der Waals surface area (Å²) in [4.78, 5) is 29.1. The molecule has 7 nitrogen and oxygen atoms in total. The van der Waals surface area contributed by atoms with Crippen LogP contribution >= 0.6 is 11.3 Å². The topological polar surface area (TPSA) is 89.9 Å². The SMILES string of the molecule is CCOC(=O)c1cnc(C)nc1NCc1csc(-c2cccnc2)n1. The first-order valence-electron chi connectivity index (χ1n) is 7.76. The van der Waals surface area contributed by atoms with Crippen LogP contribution in [-0.2, 0) is 11.3 Å². The number of esters is 1. The molecule has 8 heteroatoms. The fourth-order valence-corrected chi connectivity index (χ4v) is 2.96. The molecule has 0 radical (unpaired) electrons. The van der Waals surface area contributed by atoms with Gasteiger partial charge in [-0.15, -0.1) is 11.3 Å². The van der Waals surface area contributed by atoms with Crippen LogP contribution in [0.2, 0.25) is 0 Å². The van der Waals surface area contributed by atoms with E-state index in [0.29, 0.717) is 30.4 Å². The van der Waals surface area contributed by atoms with Crippen LogP contribution in [0, 0.1) is 6.92 Å². The molecule has 0 aliphatic heterocycles. The Morgan fingerprint density at radius 1 is 1.32 bits per heavy atom. The lowest BCUT2D eigenvalue weighted by Crippen LogP contribution is -2.13. The average molecular weight is 355 g/mol. The van der Waals surface area contributed by atoms with Crippen LogP contribution in [0.25, 0.3) is 10.6 Å². The lowest BCUT2D eigenvalue weighted by atomic mass is 10.3. The smallest absolute Gasteiger partial charge is 0.343 e. The number of hydrogen-bond acceptors (Lipinski definition) is 8. The van der Waals surface area contributed by atoms with E-state index in [1.807, 2.05) is 17.5 Å². The van der Waals surface area contributed by atoms with Gasteiger partial charge in [-0.1, -0.05) is 0 Å². The minimum absolute atomic E-state index is 0.298. The second-order valence-corrected chi connectivity index (χ2v) is 6.00. The third kappa shape index (κ3) is 4.16. The maximum Gasteiger partial charge on any atom is 0.343 e. The molecule has 0 unspecified atom stereocenters. The highest BCUT2D eigenvalue weighted by atomic mass is 32.1. The quantitative estimate of drug-likeness (QED) is 0.680. The first-order chi connectivity index (χ1) is 12.2. The molecule has 0 spiro atoms. The van der Waals surface area contributed by atoms with Crippen LogP contribution in [0.3, 0.4) is 0 Å². The van der Waals surface area contributed by atoms with Crippen molar-refractivity contribution in [3.8, 4) is 10.6 Å². The molecule has 3 heterocycles. The number of ether oxygens (including phenoxy) is 1. The zero-order valence-electron chi connectivity index (χ0n) is 13.9. The van der Waals surface area contributed by atoms with E-state index in [1.165, 1.54) is 6.20 Å². The van der Waals surface area contributed by atoms with E-state index < -0.39 is 5.97 Å². The van der Waals surface area contributed by atoms with Gasteiger partial charge in [-0.2, -0.15) is 0 Å². The number of rotatable bonds is 6. The van der Waals surface area contributed by atoms with Crippen LogP contribution in [0.1, 0.15) is 28.8 Å². The van der Waals surface area contributed by atoms with Crippen molar-refractivity contribution in [1.29, 1.82) is 0 Å². The third-order valence-electron chi connectivity index (χ3n) is 3.30. The van der Waals surface area contributed by atoms with Gasteiger partial charge >= 0.3 is 5.97 Å². The molecule has 0 atom stereocenters. The molecule has 0 saturated heterocycles. The number of nitrogens with zero attached hydrogens (tertiary/aromatic N) is 4. The molecule has 25 heavy (non-hydrogen) atoms. The minimum Gasteiger partial charge on any atom is -0.462 e. The van der Waals surface area contributed by atoms with E-state index in [0.717, 1.165) is 16.3 Å². The van der Waals surface area contributed by atoms with Crippen molar-refractivity contribution >= 4 is 23.1 Å². The first-order valence-corrected chi connectivity index (χ1v) is 8.64. The molecule has 0 bridgehead atoms. The normalized spacial score (nSPS) is 10.5. The second kappa shape index (κ2) is 7.80. The number of hydrogen-bond donors (Lipinski definition) is 1. The largest absolute Gasteiger partial charge is 0.462 e. The fourth-order valence-electron chi connectivity index (χ4n) is 2.15. The molecule has 0 amide bonds. The lowest BCUT2D eigenvalue weighted by molar-refractivity contribution is 0.0526. The molecule has 3 aromatic rings. The number of carbonyl (C=O) groups is 1. The summed E-state index contributed by atoms with van der Waals surface area (Å²) >= 11 is 1.54. The molecule has 0 aromatic carbocycles. The lowest BCUT2D eigenvalue weighted by Gasteiger charge is -2.09. The highest BCUT2D eigenvalue weighted by Gasteiger charge is 2.15. The number of anilines is 1. The maximum atomic E-state index is 12.0. The summed E-state index contributed by atoms with van der Waals surface area (Å²) in [6.45, 7) is 4.27. The van der Waals surface area contributed by atoms with E-state index in [9.17, 15) is 4.79 Å². The van der Waals surface area contributed by atoms with Gasteiger partial charge in [-0.3, -0.25) is 4.98 Å². The number of aromatic nitrogens is 4. The standard InChI is InChI=1S/C17H17N5O2S/c1-3-24-17(23)14-9-19-11(2)21-15(14)20-8-13-10-25-16(22-13)12-5-4-6-18-7-12/h4-7,9-10H,3,8H2,1-2H3,(H,19,20,21). The summed E-state index contributed by atoms with van der Waals surface area (Å²) in [5, 5.41) is 6.01. The first kappa shape index (κ1) is 17.0. The van der Waals surface area contributed by atoms with Crippen LogP contribution in [0.15, 0.2) is 36.1 Å². The van der Waals surface area contributed by atoms with Gasteiger partial charge in [0.15, 0.2) is 0 Å². The molecule has 3 aromatic heterocycles. The molecule has 0 saturated carbocycles. The van der Waals surface area contributed by atoms with Crippen molar-refractivity contribution in [2.24, 2.45) is 0 Å². The van der Waals surface area contributed by atoms with Crippen molar-refractivity contribution in [2.45, 2.75) is 20.4 Å². The number of thiazole rings is 1. The fraction of sp³-hybridized carbons (Fsp3) is 0.235. The Balaban J connectivity index is 1.75. The van der Waals surface area contributed by atoms with Crippen LogP contribution in [-0.4, -0.2) is 32.5 Å². The van der Waals surface area contributed by atoms with Crippen LogP contribution < -0.4 is 5.32 Å². The maximum absolute atomic E-state index is 12.0. The van der Waals surface area contributed by atoms with Gasteiger partial charge < -0.3 is 10.1 Å². The Morgan fingerprint density at radius 3 is 2.96 bits per heavy atom. The van der Waals surface area contributed by atoms with E-state index in [-0.39, 0.29) is 0 Å². The second-order valence-electron chi connectivity index (χ2n) is 5.14. The average Bonchev–Trinajstić information content (AvgIpc) is 3.10. The summed E-state index contributed by atoms with van der Waals surface area (Å²) in [5.41, 5.74) is 2.15. The Labute approximate surface area is 149 Å². The Hall–Kier alpha value is -2.87. The van der Waals surface area contributed by atoms with Crippen molar-refractivity contribution in [2.75, 3.05) is 11.9 Å². The predicted molar refractivity (Wildman–Crippen MR) is 95.4 cm³/mol. The number of pyridine rings is 1. The highest BCUT2D eigenvalue weighted by Crippen LogP contribution is 2.23. The van der Waals surface area contributed by atoms with Gasteiger partial charge in [0, 0.05) is 29.5 Å². The molecular weight excluding hydrogens is 338 g/mol. The van der Waals surface area contributed by atoms with Crippen molar-refractivity contribution < 1.29 is 9.53 Å². The molecule has 0 aliphatic rings. The number of aryl methyl sites for hydroxylation is 1. The van der Waals surface area contributed by atoms with Gasteiger partial charge in [0.2, 0.25) is 0 Å². The van der Waals surface area contributed by atoms with Crippen molar-refractivity contribution in [3.63, 3.8) is 0 Å². The monoisotopic (exact) mass is 355 g/mol. The van der Waals surface area contributed by atoms with Gasteiger partial charge in [0.1, 0.15) is 22.2 Å². The minimum atomic E-state index is -0.445. The summed E-state index contributed by atoms with van der Waals surface area (Å²) in [6.07, 6.45) is 4.99. The van der Waals surface area contributed by atoms with E-state index in [2.05, 4.69) is 25.3 Å². The molecule has 1 N–H and O–H groups in total. The van der Waals surface area contributed by atoms with Gasteiger partial charge in [0.05, 0.1) is 18.8 Å². The van der Waals surface area contributed by atoms with E-state index >= 15 is 0 Å².